The zero-order chi connectivity index (χ0) is 11.7. The number of hydrogen-bond donors (Lipinski definition) is 1. The van der Waals surface area contributed by atoms with Crippen molar-refractivity contribution in [1.82, 2.24) is 5.16 Å². The summed E-state index contributed by atoms with van der Waals surface area (Å²) in [5, 5.41) is 3.55. The normalized spacial score (nSPS) is 10.4. The third-order valence-corrected chi connectivity index (χ3v) is 2.34. The molecule has 0 aliphatic carbocycles. The lowest BCUT2D eigenvalue weighted by Crippen LogP contribution is -2.10. The van der Waals surface area contributed by atoms with E-state index in [0.717, 1.165) is 0 Å². The molecular weight excluding hydrogens is 209 g/mol. The lowest BCUT2D eigenvalue weighted by Gasteiger charge is -2.13. The van der Waals surface area contributed by atoms with Gasteiger partial charge in [-0.05, 0) is 17.7 Å². The van der Waals surface area contributed by atoms with Gasteiger partial charge >= 0.3 is 0 Å². The van der Waals surface area contributed by atoms with E-state index in [9.17, 15) is 4.39 Å². The third kappa shape index (κ3) is 1.71. The van der Waals surface area contributed by atoms with E-state index in [1.54, 1.807) is 31.1 Å². The number of nitrogens with zero attached hydrogens (tertiary/aromatic N) is 2. The standard InChI is InChI=1S/C11H12FN3O/c1-15(2)10-4-3-7(5-9(10)12)8-6-14-16-11(8)13/h3-6H,13H2,1-2H3. The first-order valence-corrected chi connectivity index (χ1v) is 4.77. The highest BCUT2D eigenvalue weighted by Crippen LogP contribution is 2.28. The first-order chi connectivity index (χ1) is 7.59. The van der Waals surface area contributed by atoms with Gasteiger partial charge in [-0.25, -0.2) is 4.39 Å². The Bertz CT molecular complexity index is 508. The summed E-state index contributed by atoms with van der Waals surface area (Å²) in [6, 6.07) is 4.89. The monoisotopic (exact) mass is 221 g/mol. The SMILES string of the molecule is CN(C)c1ccc(-c2cnoc2N)cc1F. The second-order valence-electron chi connectivity index (χ2n) is 3.66. The smallest absolute Gasteiger partial charge is 0.229 e. The molecule has 1 aromatic carbocycles. The molecule has 84 valence electrons. The summed E-state index contributed by atoms with van der Waals surface area (Å²) < 4.78 is 18.4. The second-order valence-corrected chi connectivity index (χ2v) is 3.66. The number of hydrogen-bond acceptors (Lipinski definition) is 4. The fourth-order valence-corrected chi connectivity index (χ4v) is 1.50. The fourth-order valence-electron chi connectivity index (χ4n) is 1.50. The maximum absolute atomic E-state index is 13.7. The maximum atomic E-state index is 13.7. The number of benzene rings is 1. The molecule has 1 aromatic heterocycles. The summed E-state index contributed by atoms with van der Waals surface area (Å²) in [4.78, 5) is 1.70. The minimum Gasteiger partial charge on any atom is -0.375 e. The van der Waals surface area contributed by atoms with Gasteiger partial charge < -0.3 is 15.2 Å². The number of halogens is 1. The van der Waals surface area contributed by atoms with Crippen LogP contribution in [0.15, 0.2) is 28.9 Å². The summed E-state index contributed by atoms with van der Waals surface area (Å²) in [6.07, 6.45) is 1.47. The average molecular weight is 221 g/mol. The van der Waals surface area contributed by atoms with Crippen LogP contribution in [0.5, 0.6) is 0 Å². The summed E-state index contributed by atoms with van der Waals surface area (Å²) in [5.74, 6) is -0.111. The van der Waals surface area contributed by atoms with E-state index in [-0.39, 0.29) is 11.7 Å². The molecule has 1 heterocycles. The number of nitrogens with two attached hydrogens (primary N) is 1. The fraction of sp³-hybridized carbons (Fsp3) is 0.182. The first-order valence-electron chi connectivity index (χ1n) is 4.77. The Morgan fingerprint density at radius 1 is 1.38 bits per heavy atom. The van der Waals surface area contributed by atoms with Gasteiger partial charge in [0, 0.05) is 14.1 Å². The highest BCUT2D eigenvalue weighted by Gasteiger charge is 2.10. The largest absolute Gasteiger partial charge is 0.375 e. The molecule has 0 amide bonds. The Morgan fingerprint density at radius 3 is 2.62 bits per heavy atom. The van der Waals surface area contributed by atoms with E-state index < -0.39 is 0 Å². The Morgan fingerprint density at radius 2 is 2.12 bits per heavy atom. The number of aromatic nitrogens is 1. The van der Waals surface area contributed by atoms with Gasteiger partial charge in [0.2, 0.25) is 5.88 Å². The molecule has 0 aliphatic rings. The van der Waals surface area contributed by atoms with E-state index in [2.05, 4.69) is 5.16 Å². The summed E-state index contributed by atoms with van der Waals surface area (Å²) in [7, 11) is 3.57. The number of nitrogen functional groups attached to an aromatic ring is 1. The molecule has 0 saturated heterocycles. The van der Waals surface area contributed by atoms with Gasteiger partial charge in [0.1, 0.15) is 5.82 Å². The molecule has 4 nitrogen and oxygen atoms in total. The zero-order valence-corrected chi connectivity index (χ0v) is 9.07. The molecule has 2 rings (SSSR count). The Balaban J connectivity index is 2.46. The van der Waals surface area contributed by atoms with Crippen LogP contribution in [-0.2, 0) is 0 Å². The Hall–Kier alpha value is -2.04. The predicted molar refractivity (Wildman–Crippen MR) is 60.6 cm³/mol. The van der Waals surface area contributed by atoms with Crippen LogP contribution in [0.3, 0.4) is 0 Å². The van der Waals surface area contributed by atoms with Gasteiger partial charge in [0.05, 0.1) is 17.4 Å². The molecule has 0 atom stereocenters. The van der Waals surface area contributed by atoms with Crippen LogP contribution in [0.25, 0.3) is 11.1 Å². The van der Waals surface area contributed by atoms with Crippen molar-refractivity contribution >= 4 is 11.6 Å². The van der Waals surface area contributed by atoms with Crippen molar-refractivity contribution in [2.75, 3.05) is 24.7 Å². The average Bonchev–Trinajstić information content (AvgIpc) is 2.63. The molecule has 0 saturated carbocycles. The molecule has 0 spiro atoms. The molecule has 0 radical (unpaired) electrons. The minimum absolute atomic E-state index is 0.192. The molecule has 2 N–H and O–H groups in total. The van der Waals surface area contributed by atoms with Gasteiger partial charge in [-0.15, -0.1) is 0 Å². The van der Waals surface area contributed by atoms with Crippen LogP contribution >= 0.6 is 0 Å². The lowest BCUT2D eigenvalue weighted by molar-refractivity contribution is 0.436. The van der Waals surface area contributed by atoms with E-state index in [4.69, 9.17) is 10.3 Å². The van der Waals surface area contributed by atoms with Gasteiger partial charge in [0.15, 0.2) is 0 Å². The zero-order valence-electron chi connectivity index (χ0n) is 9.07. The second kappa shape index (κ2) is 3.84. The van der Waals surface area contributed by atoms with Crippen molar-refractivity contribution < 1.29 is 8.91 Å². The third-order valence-electron chi connectivity index (χ3n) is 2.34. The van der Waals surface area contributed by atoms with Crippen molar-refractivity contribution in [2.24, 2.45) is 0 Å². The first kappa shape index (κ1) is 10.5. The molecule has 0 aliphatic heterocycles. The predicted octanol–water partition coefficient (Wildman–Crippen LogP) is 2.13. The Kier molecular flexibility index (Phi) is 2.52. The molecule has 0 bridgehead atoms. The lowest BCUT2D eigenvalue weighted by atomic mass is 10.1. The van der Waals surface area contributed by atoms with Gasteiger partial charge in [-0.3, -0.25) is 0 Å². The van der Waals surface area contributed by atoms with Crippen LogP contribution in [0.2, 0.25) is 0 Å². The maximum Gasteiger partial charge on any atom is 0.229 e. The molecule has 0 fully saturated rings. The van der Waals surface area contributed by atoms with Crippen LogP contribution in [-0.4, -0.2) is 19.3 Å². The van der Waals surface area contributed by atoms with Gasteiger partial charge in [-0.2, -0.15) is 0 Å². The van der Waals surface area contributed by atoms with Crippen molar-refractivity contribution in [3.8, 4) is 11.1 Å². The van der Waals surface area contributed by atoms with E-state index in [0.29, 0.717) is 16.8 Å². The van der Waals surface area contributed by atoms with Crippen molar-refractivity contribution in [2.45, 2.75) is 0 Å². The van der Waals surface area contributed by atoms with Gasteiger partial charge in [-0.1, -0.05) is 11.2 Å². The molecule has 5 heteroatoms. The van der Waals surface area contributed by atoms with E-state index in [1.807, 2.05) is 0 Å². The van der Waals surface area contributed by atoms with Crippen molar-refractivity contribution in [3.05, 3.63) is 30.2 Å². The summed E-state index contributed by atoms with van der Waals surface area (Å²) >= 11 is 0. The topological polar surface area (TPSA) is 55.3 Å². The summed E-state index contributed by atoms with van der Waals surface area (Å²) in [6.45, 7) is 0. The van der Waals surface area contributed by atoms with Crippen LogP contribution in [0.1, 0.15) is 0 Å². The highest BCUT2D eigenvalue weighted by atomic mass is 19.1. The van der Waals surface area contributed by atoms with E-state index in [1.165, 1.54) is 12.3 Å². The molecule has 16 heavy (non-hydrogen) atoms. The van der Waals surface area contributed by atoms with Crippen molar-refractivity contribution in [3.63, 3.8) is 0 Å². The highest BCUT2D eigenvalue weighted by molar-refractivity contribution is 5.73. The van der Waals surface area contributed by atoms with E-state index >= 15 is 0 Å². The number of anilines is 2. The summed E-state index contributed by atoms with van der Waals surface area (Å²) in [5.41, 5.74) is 7.34. The van der Waals surface area contributed by atoms with Crippen molar-refractivity contribution in [1.29, 1.82) is 0 Å². The molecule has 0 unspecified atom stereocenters. The molecular formula is C11H12FN3O. The van der Waals surface area contributed by atoms with Crippen LogP contribution in [0.4, 0.5) is 16.0 Å². The van der Waals surface area contributed by atoms with Crippen LogP contribution < -0.4 is 10.6 Å². The number of rotatable bonds is 2. The minimum atomic E-state index is -0.303. The van der Waals surface area contributed by atoms with Gasteiger partial charge in [0.25, 0.3) is 0 Å². The Labute approximate surface area is 92.4 Å². The van der Waals surface area contributed by atoms with Crippen LogP contribution in [0, 0.1) is 5.82 Å². The quantitative estimate of drug-likeness (QED) is 0.844. The molecule has 2 aromatic rings.